The maximum absolute atomic E-state index is 13.9. The summed E-state index contributed by atoms with van der Waals surface area (Å²) in [4.78, 5) is 40.2. The average molecular weight is 513 g/mol. The van der Waals surface area contributed by atoms with Crippen LogP contribution in [-0.2, 0) is 15.0 Å². The predicted molar refractivity (Wildman–Crippen MR) is 141 cm³/mol. The van der Waals surface area contributed by atoms with E-state index in [9.17, 15) is 19.5 Å². The van der Waals surface area contributed by atoms with Crippen LogP contribution in [0, 0.1) is 5.92 Å². The summed E-state index contributed by atoms with van der Waals surface area (Å²) >= 11 is 0. The molecule has 0 radical (unpaired) electrons. The van der Waals surface area contributed by atoms with Crippen LogP contribution in [0.25, 0.3) is 0 Å². The summed E-state index contributed by atoms with van der Waals surface area (Å²) in [6.07, 6.45) is 4.68. The molecule has 4 aliphatic heterocycles. The zero-order valence-corrected chi connectivity index (χ0v) is 21.5. The fraction of sp³-hybridized carbons (Fsp3) is 0.367. The third-order valence-electron chi connectivity index (χ3n) is 9.79. The fourth-order valence-corrected chi connectivity index (χ4v) is 8.00. The number of likely N-dealkylation sites (N-methyl/N-ethyl adjacent to an activating group) is 1. The molecule has 2 bridgehead atoms. The lowest BCUT2D eigenvalue weighted by Gasteiger charge is -2.53. The molecule has 4 atom stereocenters. The van der Waals surface area contributed by atoms with Gasteiger partial charge in [0.05, 0.1) is 23.3 Å². The van der Waals surface area contributed by atoms with Gasteiger partial charge < -0.3 is 24.5 Å². The van der Waals surface area contributed by atoms with Gasteiger partial charge in [-0.2, -0.15) is 0 Å². The average Bonchev–Trinajstić information content (AvgIpc) is 3.45. The number of Topliss-reactive ketones (excluding diaryl/α,β-unsaturated/α-hetero) is 1. The zero-order valence-electron chi connectivity index (χ0n) is 21.5. The molecule has 8 heteroatoms. The lowest BCUT2D eigenvalue weighted by molar-refractivity contribution is -0.934. The Labute approximate surface area is 220 Å². The van der Waals surface area contributed by atoms with Gasteiger partial charge in [0.25, 0.3) is 5.91 Å². The van der Waals surface area contributed by atoms with E-state index >= 15 is 0 Å². The maximum atomic E-state index is 13.9. The van der Waals surface area contributed by atoms with Crippen molar-refractivity contribution in [1.82, 2.24) is 0 Å². The van der Waals surface area contributed by atoms with Gasteiger partial charge in [0, 0.05) is 42.6 Å². The van der Waals surface area contributed by atoms with Gasteiger partial charge in [-0.3, -0.25) is 14.4 Å². The number of quaternary nitrogens is 1. The monoisotopic (exact) mass is 512 g/mol. The lowest BCUT2D eigenvalue weighted by Crippen LogP contribution is -2.64. The summed E-state index contributed by atoms with van der Waals surface area (Å²) in [5, 5.41) is 14.2. The van der Waals surface area contributed by atoms with Crippen LogP contribution >= 0.6 is 0 Å². The minimum absolute atomic E-state index is 0.00244. The van der Waals surface area contributed by atoms with E-state index in [1.807, 2.05) is 13.0 Å². The van der Waals surface area contributed by atoms with Gasteiger partial charge >= 0.3 is 0 Å². The molecule has 2 aromatic rings. The van der Waals surface area contributed by atoms with Gasteiger partial charge in [0.1, 0.15) is 36.9 Å². The molecule has 2 N–H and O–H groups in total. The van der Waals surface area contributed by atoms with E-state index in [2.05, 4.69) is 17.5 Å². The summed E-state index contributed by atoms with van der Waals surface area (Å²) < 4.78 is 6.17. The van der Waals surface area contributed by atoms with Crippen LogP contribution in [0.5, 0.6) is 11.5 Å². The molecule has 1 spiro atoms. The van der Waals surface area contributed by atoms with Crippen molar-refractivity contribution in [3.8, 4) is 11.5 Å². The normalized spacial score (nSPS) is 31.4. The van der Waals surface area contributed by atoms with Crippen molar-refractivity contribution in [3.63, 3.8) is 0 Å². The molecule has 7 rings (SSSR count). The smallest absolute Gasteiger partial charge is 0.264 e. The highest BCUT2D eigenvalue weighted by Gasteiger charge is 2.69. The molecule has 1 aliphatic carbocycles. The van der Waals surface area contributed by atoms with E-state index < -0.39 is 5.41 Å². The molecule has 4 heterocycles. The van der Waals surface area contributed by atoms with Crippen molar-refractivity contribution in [2.45, 2.75) is 31.2 Å². The van der Waals surface area contributed by atoms with Crippen LogP contribution in [0.4, 0.5) is 11.4 Å². The second-order valence-electron chi connectivity index (χ2n) is 11.3. The number of aldehydes is 1. The molecule has 5 aliphatic rings. The molecular formula is C30H30N3O5+. The number of piperidine rings is 1. The van der Waals surface area contributed by atoms with Crippen molar-refractivity contribution in [3.05, 3.63) is 70.4 Å². The molecule has 2 fully saturated rings. The van der Waals surface area contributed by atoms with Crippen LogP contribution in [0.2, 0.25) is 0 Å². The highest BCUT2D eigenvalue weighted by molar-refractivity contribution is 6.02. The van der Waals surface area contributed by atoms with Crippen LogP contribution in [-0.4, -0.2) is 66.9 Å². The van der Waals surface area contributed by atoms with E-state index in [4.69, 9.17) is 4.74 Å². The summed E-state index contributed by atoms with van der Waals surface area (Å²) in [5.74, 6) is 0.674. The molecule has 0 saturated carbocycles. The molecular weight excluding hydrogens is 482 g/mol. The van der Waals surface area contributed by atoms with Gasteiger partial charge in [0.2, 0.25) is 5.78 Å². The first-order valence-electron chi connectivity index (χ1n) is 13.2. The Kier molecular flexibility index (Phi) is 4.77. The first kappa shape index (κ1) is 23.2. The third kappa shape index (κ3) is 2.81. The first-order valence-corrected chi connectivity index (χ1v) is 13.2. The standard InChI is InChI=1S/C30H29N3O5/c1-3-17-13-33(14-24(36)18-7-8-25-22(11-18)32(2)27(37)16-38-25)10-9-30-21-5-4-6-23(35)28(21)31-29(30)20(15-34)19(17)12-26(30)33/h3-8,11,15,19,26H,9-10,12-14,16H2,1-2H3,(H-,31,34,35)/p+1/b17-3-/t19-,26-,30+,33+/m0/s1. The van der Waals surface area contributed by atoms with Gasteiger partial charge in [-0.15, -0.1) is 0 Å². The highest BCUT2D eigenvalue weighted by Crippen LogP contribution is 2.64. The van der Waals surface area contributed by atoms with Crippen LogP contribution in [0.1, 0.15) is 35.7 Å². The number of carbonyl (C=O) groups excluding carboxylic acids is 3. The number of benzene rings is 2. The molecule has 1 amide bonds. The number of ketones is 1. The minimum atomic E-state index is -0.434. The van der Waals surface area contributed by atoms with Gasteiger partial charge in [-0.25, -0.2) is 0 Å². The topological polar surface area (TPSA) is 95.9 Å². The van der Waals surface area contributed by atoms with Gasteiger partial charge in [-0.1, -0.05) is 18.2 Å². The van der Waals surface area contributed by atoms with E-state index in [1.54, 1.807) is 36.2 Å². The molecule has 8 nitrogen and oxygen atoms in total. The number of rotatable bonds is 4. The van der Waals surface area contributed by atoms with E-state index in [0.717, 1.165) is 42.5 Å². The van der Waals surface area contributed by atoms with Crippen LogP contribution < -0.4 is 15.0 Å². The molecule has 194 valence electrons. The van der Waals surface area contributed by atoms with E-state index in [-0.39, 0.29) is 36.0 Å². The predicted octanol–water partition coefficient (Wildman–Crippen LogP) is 3.32. The summed E-state index contributed by atoms with van der Waals surface area (Å²) in [6.45, 7) is 3.84. The number of hydrogen-bond acceptors (Lipinski definition) is 6. The van der Waals surface area contributed by atoms with Gasteiger partial charge in [0.15, 0.2) is 6.61 Å². The number of para-hydroxylation sites is 1. The molecule has 0 aromatic heterocycles. The molecule has 0 unspecified atom stereocenters. The third-order valence-corrected chi connectivity index (χ3v) is 9.79. The van der Waals surface area contributed by atoms with Crippen molar-refractivity contribution in [2.75, 3.05) is 43.5 Å². The zero-order chi connectivity index (χ0) is 26.4. The number of aromatic hydroxyl groups is 1. The first-order chi connectivity index (χ1) is 18.3. The summed E-state index contributed by atoms with van der Waals surface area (Å²) in [7, 11) is 1.70. The fourth-order valence-electron chi connectivity index (χ4n) is 8.00. The lowest BCUT2D eigenvalue weighted by atomic mass is 9.61. The highest BCUT2D eigenvalue weighted by atomic mass is 16.5. The number of allylic oxidation sites excluding steroid dienone is 2. The number of carbonyl (C=O) groups is 3. The number of phenolic OH excluding ortho intramolecular Hbond substituents is 1. The van der Waals surface area contributed by atoms with Crippen molar-refractivity contribution < 1.29 is 28.7 Å². The van der Waals surface area contributed by atoms with Crippen LogP contribution in [0.15, 0.2) is 59.3 Å². The number of phenols is 1. The Balaban J connectivity index is 1.33. The number of anilines is 2. The van der Waals surface area contributed by atoms with Crippen molar-refractivity contribution >= 4 is 29.4 Å². The Bertz CT molecular complexity index is 1510. The second-order valence-corrected chi connectivity index (χ2v) is 11.3. The number of nitrogens with one attached hydrogen (secondary N) is 1. The molecule has 38 heavy (non-hydrogen) atoms. The number of amides is 1. The van der Waals surface area contributed by atoms with E-state index in [1.165, 1.54) is 5.57 Å². The minimum Gasteiger partial charge on any atom is -0.506 e. The SMILES string of the molecule is C/C=C1/C[N@@+]2(CC(=O)c3ccc4c(c3)N(C)C(=O)CO4)CC[C@]34C(=C(C=O)[C@H]1C[C@@H]32)Nc1c(O)cccc14. The van der Waals surface area contributed by atoms with Crippen LogP contribution in [0.3, 0.4) is 0 Å². The largest absolute Gasteiger partial charge is 0.506 e. The number of ether oxygens (including phenoxy) is 1. The Morgan fingerprint density at radius 1 is 1.32 bits per heavy atom. The molecule has 2 aromatic carbocycles. The van der Waals surface area contributed by atoms with E-state index in [0.29, 0.717) is 40.3 Å². The summed E-state index contributed by atoms with van der Waals surface area (Å²) in [5.41, 5.74) is 5.32. The Morgan fingerprint density at radius 3 is 2.95 bits per heavy atom. The maximum Gasteiger partial charge on any atom is 0.264 e. The number of hydrogen-bond donors (Lipinski definition) is 2. The summed E-state index contributed by atoms with van der Waals surface area (Å²) in [6, 6.07) is 11.0. The molecule has 2 saturated heterocycles. The Morgan fingerprint density at radius 2 is 2.16 bits per heavy atom. The second kappa shape index (κ2) is 7.80. The Hall–Kier alpha value is -3.91. The van der Waals surface area contributed by atoms with Crippen molar-refractivity contribution in [1.29, 1.82) is 0 Å². The number of nitrogens with zero attached hydrogens (tertiary/aromatic N) is 2. The van der Waals surface area contributed by atoms with Crippen molar-refractivity contribution in [2.24, 2.45) is 5.92 Å². The van der Waals surface area contributed by atoms with Gasteiger partial charge in [-0.05, 0) is 42.3 Å². The quantitative estimate of drug-likeness (QED) is 0.215. The number of fused-ring (bicyclic) bond motifs is 3.